The summed E-state index contributed by atoms with van der Waals surface area (Å²) in [7, 11) is -4.36. The van der Waals surface area contributed by atoms with Gasteiger partial charge in [0.1, 0.15) is 22.0 Å². The summed E-state index contributed by atoms with van der Waals surface area (Å²) in [4.78, 5) is -0.339. The molecule has 0 heterocycles. The Kier molecular flexibility index (Phi) is 3.59. The number of phenolic OH excluding ortho intramolecular Hbond substituents is 1. The summed E-state index contributed by atoms with van der Waals surface area (Å²) < 4.78 is 31.3. The molecule has 98 valence electrons. The van der Waals surface area contributed by atoms with Gasteiger partial charge >= 0.3 is 0 Å². The number of para-hydroxylation sites is 1. The lowest BCUT2D eigenvalue weighted by molar-refractivity contribution is 0.476. The fourth-order valence-electron chi connectivity index (χ4n) is 1.41. The molecular weight excluding hydrogens is 268 g/mol. The smallest absolute Gasteiger partial charge is 0.296 e. The fraction of sp³-hybridized carbons (Fsp3) is 0. The molecule has 0 fully saturated rings. The Hall–Kier alpha value is -2.25. The minimum Gasteiger partial charge on any atom is -0.506 e. The lowest BCUT2D eigenvalue weighted by atomic mass is 10.3. The van der Waals surface area contributed by atoms with E-state index in [1.807, 2.05) is 0 Å². The van der Waals surface area contributed by atoms with Crippen molar-refractivity contribution in [1.29, 1.82) is 0 Å². The minimum absolute atomic E-state index is 0.00625. The van der Waals surface area contributed by atoms with Crippen LogP contribution in [0.1, 0.15) is 0 Å². The van der Waals surface area contributed by atoms with Crippen molar-refractivity contribution in [2.45, 2.75) is 4.90 Å². The molecule has 2 N–H and O–H groups in total. The normalized spacial score (nSPS) is 11.8. The van der Waals surface area contributed by atoms with Crippen molar-refractivity contribution >= 4 is 21.5 Å². The zero-order valence-electron chi connectivity index (χ0n) is 9.63. The Morgan fingerprint density at radius 3 is 2.00 bits per heavy atom. The van der Waals surface area contributed by atoms with Crippen LogP contribution >= 0.6 is 0 Å². The Bertz CT molecular complexity index is 726. The van der Waals surface area contributed by atoms with Gasteiger partial charge in [0.25, 0.3) is 10.1 Å². The van der Waals surface area contributed by atoms with Gasteiger partial charge in [-0.3, -0.25) is 4.55 Å². The maximum atomic E-state index is 11.1. The Labute approximate surface area is 109 Å². The molecule has 2 rings (SSSR count). The van der Waals surface area contributed by atoms with Crippen LogP contribution in [0.4, 0.5) is 11.4 Å². The van der Waals surface area contributed by atoms with Gasteiger partial charge in [0.2, 0.25) is 0 Å². The monoisotopic (exact) mass is 278 g/mol. The van der Waals surface area contributed by atoms with Crippen molar-refractivity contribution in [2.24, 2.45) is 10.2 Å². The van der Waals surface area contributed by atoms with Gasteiger partial charge in [-0.1, -0.05) is 24.3 Å². The summed E-state index contributed by atoms with van der Waals surface area (Å²) in [6.07, 6.45) is 0. The third-order valence-electron chi connectivity index (χ3n) is 2.29. The topological polar surface area (TPSA) is 99.3 Å². The van der Waals surface area contributed by atoms with Gasteiger partial charge in [-0.2, -0.15) is 8.42 Å². The molecule has 0 aliphatic carbocycles. The summed E-state index contributed by atoms with van der Waals surface area (Å²) >= 11 is 0. The van der Waals surface area contributed by atoms with Gasteiger partial charge in [-0.05, 0) is 24.3 Å². The van der Waals surface area contributed by atoms with Gasteiger partial charge in [-0.25, -0.2) is 0 Å². The second-order valence-corrected chi connectivity index (χ2v) is 5.02. The van der Waals surface area contributed by atoms with Crippen LogP contribution in [0, 0.1) is 0 Å². The van der Waals surface area contributed by atoms with Crippen LogP contribution in [-0.2, 0) is 10.1 Å². The van der Waals surface area contributed by atoms with Crippen molar-refractivity contribution in [3.8, 4) is 5.75 Å². The zero-order chi connectivity index (χ0) is 13.9. The van der Waals surface area contributed by atoms with E-state index in [0.29, 0.717) is 0 Å². The summed E-state index contributed by atoms with van der Waals surface area (Å²) in [6, 6.07) is 11.9. The number of benzene rings is 2. The van der Waals surface area contributed by atoms with E-state index in [2.05, 4.69) is 10.2 Å². The molecule has 19 heavy (non-hydrogen) atoms. The second kappa shape index (κ2) is 5.17. The minimum atomic E-state index is -4.36. The van der Waals surface area contributed by atoms with E-state index in [1.165, 1.54) is 30.3 Å². The standard InChI is InChI=1S/C12H10N2O4S/c15-11-7-3-1-5-9(11)13-14-10-6-2-4-8-12(10)19(16,17)18/h1-8,15H,(H,16,17,18). The fourth-order valence-corrected chi connectivity index (χ4v) is 2.04. The number of rotatable bonds is 3. The SMILES string of the molecule is O=S(=O)(O)c1ccccc1N=Nc1ccccc1O. The highest BCUT2D eigenvalue weighted by atomic mass is 32.2. The first-order chi connectivity index (χ1) is 8.98. The molecule has 0 amide bonds. The van der Waals surface area contributed by atoms with Crippen molar-refractivity contribution < 1.29 is 18.1 Å². The highest BCUT2D eigenvalue weighted by Crippen LogP contribution is 2.29. The van der Waals surface area contributed by atoms with E-state index < -0.39 is 10.1 Å². The lowest BCUT2D eigenvalue weighted by Crippen LogP contribution is -1.97. The summed E-state index contributed by atoms with van der Waals surface area (Å²) in [5, 5.41) is 17.0. The molecule has 7 heteroatoms. The first-order valence-corrected chi connectivity index (χ1v) is 6.69. The second-order valence-electron chi connectivity index (χ2n) is 3.63. The number of hydrogen-bond acceptors (Lipinski definition) is 5. The summed E-state index contributed by atoms with van der Waals surface area (Å²) in [6.45, 7) is 0. The van der Waals surface area contributed by atoms with Crippen molar-refractivity contribution in [2.75, 3.05) is 0 Å². The Morgan fingerprint density at radius 2 is 1.37 bits per heavy atom. The highest BCUT2D eigenvalue weighted by Gasteiger charge is 2.14. The maximum absolute atomic E-state index is 11.1. The zero-order valence-corrected chi connectivity index (χ0v) is 10.4. The predicted molar refractivity (Wildman–Crippen MR) is 68.5 cm³/mol. The van der Waals surface area contributed by atoms with Crippen LogP contribution in [-0.4, -0.2) is 18.1 Å². The largest absolute Gasteiger partial charge is 0.506 e. The van der Waals surface area contributed by atoms with Crippen LogP contribution < -0.4 is 0 Å². The average molecular weight is 278 g/mol. The molecular formula is C12H10N2O4S. The average Bonchev–Trinajstić information content (AvgIpc) is 2.37. The molecule has 0 radical (unpaired) electrons. The van der Waals surface area contributed by atoms with Crippen LogP contribution in [0.3, 0.4) is 0 Å². The van der Waals surface area contributed by atoms with Gasteiger partial charge in [0, 0.05) is 0 Å². The number of hydrogen-bond donors (Lipinski definition) is 2. The molecule has 0 aliphatic heterocycles. The van der Waals surface area contributed by atoms with E-state index in [4.69, 9.17) is 4.55 Å². The molecule has 0 saturated carbocycles. The van der Waals surface area contributed by atoms with Crippen LogP contribution in [0.5, 0.6) is 5.75 Å². The van der Waals surface area contributed by atoms with E-state index in [9.17, 15) is 13.5 Å². The van der Waals surface area contributed by atoms with Crippen molar-refractivity contribution in [3.05, 3.63) is 48.5 Å². The molecule has 0 aromatic heterocycles. The Balaban J connectivity index is 2.43. The van der Waals surface area contributed by atoms with Gasteiger partial charge in [0.15, 0.2) is 0 Å². The van der Waals surface area contributed by atoms with Crippen LogP contribution in [0.15, 0.2) is 63.7 Å². The highest BCUT2D eigenvalue weighted by molar-refractivity contribution is 7.86. The lowest BCUT2D eigenvalue weighted by Gasteiger charge is -2.00. The first-order valence-electron chi connectivity index (χ1n) is 5.25. The van der Waals surface area contributed by atoms with E-state index >= 15 is 0 Å². The molecule has 6 nitrogen and oxygen atoms in total. The molecule has 0 saturated heterocycles. The quantitative estimate of drug-likeness (QED) is 0.665. The molecule has 0 spiro atoms. The predicted octanol–water partition coefficient (Wildman–Crippen LogP) is 3.05. The third-order valence-corrected chi connectivity index (χ3v) is 3.19. The van der Waals surface area contributed by atoms with E-state index in [1.54, 1.807) is 18.2 Å². The molecule has 0 unspecified atom stereocenters. The first kappa shape index (κ1) is 13.2. The van der Waals surface area contributed by atoms with Crippen molar-refractivity contribution in [1.82, 2.24) is 0 Å². The van der Waals surface area contributed by atoms with Gasteiger partial charge in [-0.15, -0.1) is 10.2 Å². The van der Waals surface area contributed by atoms with Crippen molar-refractivity contribution in [3.63, 3.8) is 0 Å². The van der Waals surface area contributed by atoms with Gasteiger partial charge in [0.05, 0.1) is 0 Å². The molecule has 2 aromatic carbocycles. The van der Waals surface area contributed by atoms with E-state index in [0.717, 1.165) is 0 Å². The maximum Gasteiger partial charge on any atom is 0.296 e. The number of azo groups is 1. The number of nitrogens with zero attached hydrogens (tertiary/aromatic N) is 2. The summed E-state index contributed by atoms with van der Waals surface area (Å²) in [5.41, 5.74) is 0.195. The molecule has 0 bridgehead atoms. The number of phenols is 1. The van der Waals surface area contributed by atoms with Crippen LogP contribution in [0.25, 0.3) is 0 Å². The molecule has 2 aromatic rings. The molecule has 0 aliphatic rings. The third kappa shape index (κ3) is 3.15. The van der Waals surface area contributed by atoms with Gasteiger partial charge < -0.3 is 5.11 Å². The van der Waals surface area contributed by atoms with Crippen LogP contribution in [0.2, 0.25) is 0 Å². The van der Waals surface area contributed by atoms with E-state index in [-0.39, 0.29) is 22.0 Å². The number of aromatic hydroxyl groups is 1. The molecule has 0 atom stereocenters. The Morgan fingerprint density at radius 1 is 0.842 bits per heavy atom. The summed E-state index contributed by atoms with van der Waals surface area (Å²) in [5.74, 6) is -0.0735.